The van der Waals surface area contributed by atoms with Gasteiger partial charge in [-0.15, -0.1) is 11.8 Å². The Labute approximate surface area is 134 Å². The van der Waals surface area contributed by atoms with Crippen LogP contribution in [0.1, 0.15) is 26.6 Å². The topological polar surface area (TPSA) is 76.7 Å². The Morgan fingerprint density at radius 2 is 1.91 bits per heavy atom. The molecule has 118 valence electrons. The minimum Gasteiger partial charge on any atom is -0.368 e. The van der Waals surface area contributed by atoms with Crippen LogP contribution in [0.3, 0.4) is 0 Å². The Morgan fingerprint density at radius 3 is 2.55 bits per heavy atom. The first-order chi connectivity index (χ1) is 10.3. The number of nitrogens with zero attached hydrogens (tertiary/aromatic N) is 3. The van der Waals surface area contributed by atoms with Gasteiger partial charge in [0, 0.05) is 16.7 Å². The predicted octanol–water partition coefficient (Wildman–Crippen LogP) is 3.25. The van der Waals surface area contributed by atoms with Crippen LogP contribution in [0, 0.1) is 0 Å². The molecule has 2 aromatic rings. The number of anilines is 2. The lowest BCUT2D eigenvalue weighted by Crippen LogP contribution is -2.23. The summed E-state index contributed by atoms with van der Waals surface area (Å²) in [6.07, 6.45) is 0. The molecule has 0 fully saturated rings. The summed E-state index contributed by atoms with van der Waals surface area (Å²) in [6.45, 7) is 4.79. The maximum Gasteiger partial charge on any atom is 0.228 e. The lowest BCUT2D eigenvalue weighted by molar-refractivity contribution is 0.206. The average Bonchev–Trinajstić information content (AvgIpc) is 2.45. The third-order valence-corrected chi connectivity index (χ3v) is 4.08. The number of rotatable bonds is 6. The van der Waals surface area contributed by atoms with E-state index in [1.54, 1.807) is 11.8 Å². The van der Waals surface area contributed by atoms with Crippen LogP contribution in [0.5, 0.6) is 0 Å². The van der Waals surface area contributed by atoms with Crippen molar-refractivity contribution in [2.24, 2.45) is 0 Å². The quantitative estimate of drug-likeness (QED) is 0.795. The Balaban J connectivity index is 1.99. The number of alkyl halides is 1. The number of hydrogen-bond donors (Lipinski definition) is 2. The Morgan fingerprint density at radius 1 is 1.23 bits per heavy atom. The molecule has 0 aliphatic heterocycles. The molecule has 1 atom stereocenters. The average molecular weight is 321 g/mol. The van der Waals surface area contributed by atoms with E-state index in [4.69, 9.17) is 5.73 Å². The number of nitrogens with one attached hydrogen (secondary N) is 1. The predicted molar refractivity (Wildman–Crippen MR) is 88.6 cm³/mol. The molecule has 3 N–H and O–H groups in total. The molecule has 7 heteroatoms. The van der Waals surface area contributed by atoms with Crippen molar-refractivity contribution in [2.45, 2.75) is 37.4 Å². The standard InChI is InChI=1S/C15H20FN5S/c1-10(9-22-11-7-5-4-6-8-11)18-14-20-12(15(2,3)16)19-13(17)21-14/h4-8,10H,9H2,1-3H3,(H3,17,18,19,20,21). The minimum absolute atomic E-state index is 0.0149. The summed E-state index contributed by atoms with van der Waals surface area (Å²) in [6, 6.07) is 10.2. The van der Waals surface area contributed by atoms with E-state index in [1.165, 1.54) is 18.7 Å². The first-order valence-corrected chi connectivity index (χ1v) is 7.98. The van der Waals surface area contributed by atoms with Gasteiger partial charge in [0.1, 0.15) is 0 Å². The second kappa shape index (κ2) is 6.91. The van der Waals surface area contributed by atoms with Crippen molar-refractivity contribution in [2.75, 3.05) is 16.8 Å². The van der Waals surface area contributed by atoms with Gasteiger partial charge in [0.25, 0.3) is 0 Å². The van der Waals surface area contributed by atoms with Crippen LogP contribution in [0.4, 0.5) is 16.3 Å². The fourth-order valence-electron chi connectivity index (χ4n) is 1.72. The number of nitrogen functional groups attached to an aromatic ring is 1. The summed E-state index contributed by atoms with van der Waals surface area (Å²) < 4.78 is 13.9. The summed E-state index contributed by atoms with van der Waals surface area (Å²) in [4.78, 5) is 13.1. The van der Waals surface area contributed by atoms with E-state index in [-0.39, 0.29) is 17.8 Å². The van der Waals surface area contributed by atoms with Gasteiger partial charge in [-0.2, -0.15) is 15.0 Å². The summed E-state index contributed by atoms with van der Waals surface area (Å²) in [7, 11) is 0. The van der Waals surface area contributed by atoms with Crippen LogP contribution >= 0.6 is 11.8 Å². The Hall–Kier alpha value is -1.89. The monoisotopic (exact) mass is 321 g/mol. The summed E-state index contributed by atoms with van der Waals surface area (Å²) in [5, 5.41) is 3.14. The van der Waals surface area contributed by atoms with Crippen molar-refractivity contribution in [1.82, 2.24) is 15.0 Å². The van der Waals surface area contributed by atoms with Gasteiger partial charge >= 0.3 is 0 Å². The van der Waals surface area contributed by atoms with Crippen molar-refractivity contribution < 1.29 is 4.39 Å². The smallest absolute Gasteiger partial charge is 0.228 e. The highest BCUT2D eigenvalue weighted by atomic mass is 32.2. The van der Waals surface area contributed by atoms with E-state index < -0.39 is 5.67 Å². The van der Waals surface area contributed by atoms with Gasteiger partial charge in [-0.3, -0.25) is 0 Å². The fourth-order valence-corrected chi connectivity index (χ4v) is 2.60. The molecule has 1 heterocycles. The highest BCUT2D eigenvalue weighted by molar-refractivity contribution is 7.99. The van der Waals surface area contributed by atoms with Crippen molar-refractivity contribution in [3.63, 3.8) is 0 Å². The van der Waals surface area contributed by atoms with E-state index in [2.05, 4.69) is 32.4 Å². The molecule has 0 aliphatic rings. The van der Waals surface area contributed by atoms with Gasteiger partial charge in [-0.25, -0.2) is 4.39 Å². The highest BCUT2D eigenvalue weighted by Crippen LogP contribution is 2.23. The molecule has 0 radical (unpaired) electrons. The van der Waals surface area contributed by atoms with Crippen molar-refractivity contribution >= 4 is 23.7 Å². The third kappa shape index (κ3) is 4.84. The molecule has 22 heavy (non-hydrogen) atoms. The van der Waals surface area contributed by atoms with Crippen LogP contribution in [0.25, 0.3) is 0 Å². The molecule has 0 bridgehead atoms. The molecule has 5 nitrogen and oxygen atoms in total. The number of hydrogen-bond acceptors (Lipinski definition) is 6. The second-order valence-corrected chi connectivity index (χ2v) is 6.58. The van der Waals surface area contributed by atoms with E-state index in [0.717, 1.165) is 5.75 Å². The van der Waals surface area contributed by atoms with Crippen LogP contribution < -0.4 is 11.1 Å². The molecule has 1 aromatic carbocycles. The Kier molecular flexibility index (Phi) is 5.18. The number of nitrogens with two attached hydrogens (primary N) is 1. The number of thioether (sulfide) groups is 1. The lowest BCUT2D eigenvalue weighted by atomic mass is 10.1. The molecule has 1 aromatic heterocycles. The van der Waals surface area contributed by atoms with Crippen LogP contribution in [0.2, 0.25) is 0 Å². The zero-order valence-corrected chi connectivity index (χ0v) is 13.7. The van der Waals surface area contributed by atoms with E-state index in [9.17, 15) is 4.39 Å². The number of aromatic nitrogens is 3. The van der Waals surface area contributed by atoms with Crippen LogP contribution in [-0.4, -0.2) is 26.7 Å². The normalized spacial score (nSPS) is 12.9. The minimum atomic E-state index is -1.66. The first kappa shape index (κ1) is 16.5. The summed E-state index contributed by atoms with van der Waals surface area (Å²) in [5.74, 6) is 1.17. The molecule has 0 amide bonds. The van der Waals surface area contributed by atoms with Crippen molar-refractivity contribution in [1.29, 1.82) is 0 Å². The van der Waals surface area contributed by atoms with Gasteiger partial charge in [-0.05, 0) is 32.9 Å². The van der Waals surface area contributed by atoms with Gasteiger partial charge in [-0.1, -0.05) is 18.2 Å². The van der Waals surface area contributed by atoms with Gasteiger partial charge < -0.3 is 11.1 Å². The third-order valence-electron chi connectivity index (χ3n) is 2.80. The van der Waals surface area contributed by atoms with Crippen LogP contribution in [-0.2, 0) is 5.67 Å². The molecule has 0 spiro atoms. The molecular weight excluding hydrogens is 301 g/mol. The fraction of sp³-hybridized carbons (Fsp3) is 0.400. The van der Waals surface area contributed by atoms with E-state index in [0.29, 0.717) is 5.95 Å². The Bertz CT molecular complexity index is 615. The zero-order valence-electron chi connectivity index (χ0n) is 12.9. The van der Waals surface area contributed by atoms with Gasteiger partial charge in [0.2, 0.25) is 11.9 Å². The van der Waals surface area contributed by atoms with Crippen LogP contribution in [0.15, 0.2) is 35.2 Å². The summed E-state index contributed by atoms with van der Waals surface area (Å²) in [5.41, 5.74) is 3.97. The maximum atomic E-state index is 13.9. The van der Waals surface area contributed by atoms with Gasteiger partial charge in [0.15, 0.2) is 11.5 Å². The largest absolute Gasteiger partial charge is 0.368 e. The molecule has 2 rings (SSSR count). The maximum absolute atomic E-state index is 13.9. The van der Waals surface area contributed by atoms with Crippen molar-refractivity contribution in [3.05, 3.63) is 36.2 Å². The molecule has 0 saturated carbocycles. The number of benzene rings is 1. The van der Waals surface area contributed by atoms with Crippen molar-refractivity contribution in [3.8, 4) is 0 Å². The molecular formula is C15H20FN5S. The molecule has 0 saturated heterocycles. The van der Waals surface area contributed by atoms with E-state index >= 15 is 0 Å². The SMILES string of the molecule is CC(CSc1ccccc1)Nc1nc(N)nc(C(C)(C)F)n1. The number of halogens is 1. The first-order valence-electron chi connectivity index (χ1n) is 7.00. The summed E-state index contributed by atoms with van der Waals surface area (Å²) >= 11 is 1.72. The molecule has 1 unspecified atom stereocenters. The highest BCUT2D eigenvalue weighted by Gasteiger charge is 2.24. The lowest BCUT2D eigenvalue weighted by Gasteiger charge is -2.17. The zero-order chi connectivity index (χ0) is 16.2. The van der Waals surface area contributed by atoms with Gasteiger partial charge in [0.05, 0.1) is 0 Å². The second-order valence-electron chi connectivity index (χ2n) is 5.48. The van der Waals surface area contributed by atoms with E-state index in [1.807, 2.05) is 25.1 Å². The molecule has 0 aliphatic carbocycles.